The highest BCUT2D eigenvalue weighted by atomic mass is 16.5. The van der Waals surface area contributed by atoms with E-state index in [0.717, 1.165) is 10.1 Å². The van der Waals surface area contributed by atoms with Gasteiger partial charge in [-0.1, -0.05) is 12.1 Å². The van der Waals surface area contributed by atoms with Gasteiger partial charge >= 0.3 is 5.69 Å². The van der Waals surface area contributed by atoms with E-state index in [1.54, 1.807) is 18.7 Å². The largest absolute Gasteiger partial charge is 0.497 e. The summed E-state index contributed by atoms with van der Waals surface area (Å²) in [6.07, 6.45) is 0.541. The molecule has 0 bridgehead atoms. The third-order valence-electron chi connectivity index (χ3n) is 4.44. The predicted octanol–water partition coefficient (Wildman–Crippen LogP) is 0.285. The minimum atomic E-state index is -0.430. The first-order valence-electron chi connectivity index (χ1n) is 8.61. The average molecular weight is 373 g/mol. The minimum Gasteiger partial charge on any atom is -0.497 e. The van der Waals surface area contributed by atoms with Crippen molar-refractivity contribution in [2.45, 2.75) is 13.0 Å². The molecule has 2 heterocycles. The number of aromatic nitrogens is 4. The molecular weight excluding hydrogens is 350 g/mol. The van der Waals surface area contributed by atoms with E-state index in [9.17, 15) is 9.59 Å². The number of rotatable bonds is 7. The van der Waals surface area contributed by atoms with Gasteiger partial charge in [0.1, 0.15) is 5.75 Å². The second-order valence-corrected chi connectivity index (χ2v) is 6.25. The molecule has 9 nitrogen and oxygen atoms in total. The van der Waals surface area contributed by atoms with E-state index in [-0.39, 0.29) is 6.61 Å². The molecule has 0 saturated carbocycles. The molecule has 2 aromatic heterocycles. The summed E-state index contributed by atoms with van der Waals surface area (Å²) in [5.74, 6) is 1.19. The minimum absolute atomic E-state index is 0.0450. The summed E-state index contributed by atoms with van der Waals surface area (Å²) in [4.78, 5) is 29.5. The molecule has 0 amide bonds. The number of aryl methyl sites for hydroxylation is 1. The number of fused-ring (bicyclic) bond motifs is 1. The second kappa shape index (κ2) is 7.67. The van der Waals surface area contributed by atoms with Crippen molar-refractivity contribution >= 4 is 17.1 Å². The van der Waals surface area contributed by atoms with Crippen molar-refractivity contribution in [3.63, 3.8) is 0 Å². The molecule has 3 aromatic rings. The Balaban J connectivity index is 2.18. The molecule has 0 saturated heterocycles. The van der Waals surface area contributed by atoms with Crippen molar-refractivity contribution < 1.29 is 9.84 Å². The Bertz CT molecular complexity index is 1080. The van der Waals surface area contributed by atoms with Crippen molar-refractivity contribution in [2.24, 2.45) is 14.1 Å². The number of hydrogen-bond acceptors (Lipinski definition) is 6. The number of nitrogens with one attached hydrogen (secondary N) is 1. The number of benzene rings is 1. The molecule has 0 aliphatic rings. The molecule has 3 rings (SSSR count). The van der Waals surface area contributed by atoms with Crippen LogP contribution in [0.25, 0.3) is 11.2 Å². The van der Waals surface area contributed by atoms with E-state index >= 15 is 0 Å². The van der Waals surface area contributed by atoms with Crippen LogP contribution in [-0.4, -0.2) is 44.1 Å². The fourth-order valence-corrected chi connectivity index (χ4v) is 2.97. The zero-order valence-electron chi connectivity index (χ0n) is 15.6. The van der Waals surface area contributed by atoms with E-state index in [1.165, 1.54) is 11.6 Å². The number of ether oxygens (including phenoxy) is 1. The summed E-state index contributed by atoms with van der Waals surface area (Å²) in [6, 6.07) is 7.53. The molecule has 2 N–H and O–H groups in total. The normalized spacial score (nSPS) is 11.1. The third kappa shape index (κ3) is 3.45. The van der Waals surface area contributed by atoms with Crippen LogP contribution < -0.4 is 21.3 Å². The van der Waals surface area contributed by atoms with Crippen molar-refractivity contribution in [3.05, 3.63) is 50.7 Å². The summed E-state index contributed by atoms with van der Waals surface area (Å²) >= 11 is 0. The number of hydrogen-bond donors (Lipinski definition) is 2. The summed E-state index contributed by atoms with van der Waals surface area (Å²) < 4.78 is 9.45. The molecular formula is C18H23N5O4. The zero-order chi connectivity index (χ0) is 19.6. The lowest BCUT2D eigenvalue weighted by molar-refractivity contribution is 0.292. The lowest BCUT2D eigenvalue weighted by atomic mass is 10.2. The Morgan fingerprint density at radius 3 is 2.70 bits per heavy atom. The molecule has 0 unspecified atom stereocenters. The van der Waals surface area contributed by atoms with E-state index < -0.39 is 11.2 Å². The molecule has 0 radical (unpaired) electrons. The quantitative estimate of drug-likeness (QED) is 0.577. The van der Waals surface area contributed by atoms with Crippen molar-refractivity contribution in [2.75, 3.05) is 25.6 Å². The first kappa shape index (κ1) is 18.7. The highest BCUT2D eigenvalue weighted by Crippen LogP contribution is 2.20. The highest BCUT2D eigenvalue weighted by Gasteiger charge is 2.19. The zero-order valence-corrected chi connectivity index (χ0v) is 15.6. The Hall–Kier alpha value is -3.07. The van der Waals surface area contributed by atoms with Crippen LogP contribution in [0.5, 0.6) is 5.75 Å². The molecule has 27 heavy (non-hydrogen) atoms. The Morgan fingerprint density at radius 1 is 1.22 bits per heavy atom. The lowest BCUT2D eigenvalue weighted by Crippen LogP contribution is -2.37. The standard InChI is InChI=1S/C18H23N5O4/c1-21-15-14(16(25)22(2)18(21)26)23(17(20-15)19-8-5-9-24)11-12-6-4-7-13(10-12)27-3/h4,6-7,10,24H,5,8-9,11H2,1-3H3,(H,19,20). The van der Waals surface area contributed by atoms with E-state index in [4.69, 9.17) is 9.84 Å². The van der Waals surface area contributed by atoms with Gasteiger partial charge in [-0.15, -0.1) is 0 Å². The predicted molar refractivity (Wildman–Crippen MR) is 103 cm³/mol. The molecule has 0 atom stereocenters. The topological polar surface area (TPSA) is 103 Å². The molecule has 0 fully saturated rings. The van der Waals surface area contributed by atoms with Gasteiger partial charge < -0.3 is 15.2 Å². The fraction of sp³-hybridized carbons (Fsp3) is 0.389. The number of nitrogens with zero attached hydrogens (tertiary/aromatic N) is 4. The van der Waals surface area contributed by atoms with Gasteiger partial charge in [0.05, 0.1) is 13.7 Å². The van der Waals surface area contributed by atoms with Gasteiger partial charge in [-0.3, -0.25) is 18.5 Å². The Labute approximate surface area is 155 Å². The molecule has 0 aliphatic carbocycles. The van der Waals surface area contributed by atoms with Crippen LogP contribution in [0.3, 0.4) is 0 Å². The van der Waals surface area contributed by atoms with Crippen LogP contribution in [0.1, 0.15) is 12.0 Å². The summed E-state index contributed by atoms with van der Waals surface area (Å²) in [5.41, 5.74) is 0.750. The number of anilines is 1. The van der Waals surface area contributed by atoms with Crippen molar-refractivity contribution in [1.82, 2.24) is 18.7 Å². The maximum atomic E-state index is 12.8. The Morgan fingerprint density at radius 2 is 2.00 bits per heavy atom. The van der Waals surface area contributed by atoms with E-state index in [0.29, 0.717) is 42.4 Å². The van der Waals surface area contributed by atoms with Crippen molar-refractivity contribution in [3.8, 4) is 5.75 Å². The van der Waals surface area contributed by atoms with Gasteiger partial charge in [-0.05, 0) is 24.1 Å². The highest BCUT2D eigenvalue weighted by molar-refractivity contribution is 5.74. The first-order valence-corrected chi connectivity index (χ1v) is 8.61. The van der Waals surface area contributed by atoms with Crippen LogP contribution in [0.4, 0.5) is 5.95 Å². The van der Waals surface area contributed by atoms with Gasteiger partial charge in [0.25, 0.3) is 5.56 Å². The van der Waals surface area contributed by atoms with Gasteiger partial charge in [0.15, 0.2) is 11.2 Å². The van der Waals surface area contributed by atoms with Gasteiger partial charge in [0, 0.05) is 27.2 Å². The van der Waals surface area contributed by atoms with Gasteiger partial charge in [-0.25, -0.2) is 4.79 Å². The molecule has 1 aromatic carbocycles. The molecule has 9 heteroatoms. The Kier molecular flexibility index (Phi) is 5.31. The lowest BCUT2D eigenvalue weighted by Gasteiger charge is -2.11. The number of methoxy groups -OCH3 is 1. The van der Waals surface area contributed by atoms with Crippen LogP contribution in [0, 0.1) is 0 Å². The van der Waals surface area contributed by atoms with Gasteiger partial charge in [0.2, 0.25) is 5.95 Å². The first-order chi connectivity index (χ1) is 13.0. The van der Waals surface area contributed by atoms with Crippen LogP contribution >= 0.6 is 0 Å². The summed E-state index contributed by atoms with van der Waals surface area (Å²) in [6.45, 7) is 0.915. The monoisotopic (exact) mass is 373 g/mol. The van der Waals surface area contributed by atoms with Crippen LogP contribution in [0.15, 0.2) is 33.9 Å². The van der Waals surface area contributed by atoms with E-state index in [1.807, 2.05) is 24.3 Å². The summed E-state index contributed by atoms with van der Waals surface area (Å²) in [7, 11) is 4.63. The number of imidazole rings is 1. The maximum Gasteiger partial charge on any atom is 0.332 e. The maximum absolute atomic E-state index is 12.8. The van der Waals surface area contributed by atoms with Crippen LogP contribution in [-0.2, 0) is 20.6 Å². The molecule has 0 spiro atoms. The molecule has 0 aliphatic heterocycles. The second-order valence-electron chi connectivity index (χ2n) is 6.25. The smallest absolute Gasteiger partial charge is 0.332 e. The number of aliphatic hydroxyl groups excluding tert-OH is 1. The van der Waals surface area contributed by atoms with E-state index in [2.05, 4.69) is 10.3 Å². The molecule has 144 valence electrons. The van der Waals surface area contributed by atoms with Crippen LogP contribution in [0.2, 0.25) is 0 Å². The third-order valence-corrected chi connectivity index (χ3v) is 4.44. The number of aliphatic hydroxyl groups is 1. The fourth-order valence-electron chi connectivity index (χ4n) is 2.97. The van der Waals surface area contributed by atoms with Crippen molar-refractivity contribution in [1.29, 1.82) is 0 Å². The van der Waals surface area contributed by atoms with Gasteiger partial charge in [-0.2, -0.15) is 4.98 Å². The average Bonchev–Trinajstić information content (AvgIpc) is 3.03. The summed E-state index contributed by atoms with van der Waals surface area (Å²) in [5, 5.41) is 12.2. The SMILES string of the molecule is COc1cccc(Cn2c(NCCCO)nc3c2c(=O)n(C)c(=O)n3C)c1.